The van der Waals surface area contributed by atoms with Gasteiger partial charge in [-0.2, -0.15) is 35.1 Å². The van der Waals surface area contributed by atoms with Gasteiger partial charge in [0.1, 0.15) is 0 Å². The summed E-state index contributed by atoms with van der Waals surface area (Å²) in [4.78, 5) is 0. The van der Waals surface area contributed by atoms with E-state index in [0.717, 1.165) is 0 Å². The quantitative estimate of drug-likeness (QED) is 0.236. The molecule has 0 atom stereocenters. The molecule has 0 N–H and O–H groups in total. The molecule has 0 amide bonds. The number of hydrogen-bond donors (Lipinski definition) is 0. The Hall–Kier alpha value is 1.23. The van der Waals surface area contributed by atoms with Crippen molar-refractivity contribution in [1.82, 2.24) is 0 Å². The van der Waals surface area contributed by atoms with Crippen molar-refractivity contribution in [3.63, 3.8) is 0 Å². The van der Waals surface area contributed by atoms with Gasteiger partial charge < -0.3 is 4.55 Å². The fraction of sp³-hybridized carbons (Fsp3) is 1.00. The zero-order valence-electron chi connectivity index (χ0n) is 9.26. The fourth-order valence-corrected chi connectivity index (χ4v) is 1.84. The van der Waals surface area contributed by atoms with Gasteiger partial charge in [-0.15, -0.1) is 0 Å². The van der Waals surface area contributed by atoms with Crippen LogP contribution in [-0.2, 0) is 19.2 Å². The van der Waals surface area contributed by atoms with Crippen LogP contribution in [0.4, 0.5) is 35.1 Å². The summed E-state index contributed by atoms with van der Waals surface area (Å²) in [6.07, 6.45) is 0. The molecule has 122 valence electrons. The molecule has 0 aromatic heterocycles. The van der Waals surface area contributed by atoms with Crippen molar-refractivity contribution >= 4 is 29.9 Å². The second-order valence-corrected chi connectivity index (χ2v) is 7.10. The molecule has 17 heteroatoms. The Morgan fingerprint density at radius 1 is 0.714 bits per heavy atom. The van der Waals surface area contributed by atoms with Crippen LogP contribution in [0.1, 0.15) is 0 Å². The first-order chi connectivity index (χ1) is 8.25. The van der Waals surface area contributed by atoms with E-state index in [1.54, 1.807) is 0 Å². The third-order valence-corrected chi connectivity index (χ3v) is 4.08. The van der Waals surface area contributed by atoms with E-state index < -0.39 is 41.5 Å². The van der Waals surface area contributed by atoms with Gasteiger partial charge in [0.15, 0.2) is 10.1 Å². The minimum absolute atomic E-state index is 0. The van der Waals surface area contributed by atoms with Crippen molar-refractivity contribution in [2.75, 3.05) is 0 Å². The maximum absolute atomic E-state index is 12.7. The molecule has 0 fully saturated rings. The van der Waals surface area contributed by atoms with Gasteiger partial charge in [0.2, 0.25) is 0 Å². The molecule has 0 aromatic rings. The molecule has 0 heterocycles. The topological polar surface area (TPSA) is 91.3 Å². The average Bonchev–Trinajstić information content (AvgIpc) is 2.12. The molecule has 0 rings (SSSR count). The predicted octanol–water partition coefficient (Wildman–Crippen LogP) is -1.44. The summed E-state index contributed by atoms with van der Waals surface area (Å²) < 4.78 is 150. The molecule has 0 aliphatic carbocycles. The molecule has 0 spiro atoms. The van der Waals surface area contributed by atoms with Crippen LogP contribution in [-0.4, -0.2) is 43.7 Å². The second-order valence-electron chi connectivity index (χ2n) is 3.07. The number of halogens is 9. The van der Waals surface area contributed by atoms with Crippen LogP contribution < -0.4 is 51.4 Å². The van der Waals surface area contributed by atoms with Gasteiger partial charge in [0, 0.05) is 10.7 Å². The fourth-order valence-electron chi connectivity index (χ4n) is 0.676. The number of hydrogen-bond acceptors (Lipinski definition) is 5. The van der Waals surface area contributed by atoms with E-state index in [0.29, 0.717) is 0 Å². The molecule has 0 saturated heterocycles. The third kappa shape index (κ3) is 3.67. The molecule has 21 heavy (non-hydrogen) atoms. The third-order valence-electron chi connectivity index (χ3n) is 1.75. The Morgan fingerprint density at radius 3 is 1.14 bits per heavy atom. The summed E-state index contributed by atoms with van der Waals surface area (Å²) in [5, 5.41) is -14.2. The maximum atomic E-state index is 12.7. The summed E-state index contributed by atoms with van der Waals surface area (Å²) in [7, 11) is -10.7. The molecule has 0 bridgehead atoms. The summed E-state index contributed by atoms with van der Waals surface area (Å²) in [6.45, 7) is 0. The molecular formula is C4ClF8KO5S2. The first kappa shape index (κ1) is 24.5. The molecule has 5 nitrogen and oxygen atoms in total. The van der Waals surface area contributed by atoms with E-state index in [-0.39, 0.29) is 51.4 Å². The van der Waals surface area contributed by atoms with Crippen molar-refractivity contribution in [2.24, 2.45) is 0 Å². The smallest absolute Gasteiger partial charge is 0.743 e. The number of rotatable bonds is 5. The van der Waals surface area contributed by atoms with Crippen molar-refractivity contribution in [3.05, 3.63) is 0 Å². The second kappa shape index (κ2) is 6.27. The molecule has 0 aliphatic rings. The van der Waals surface area contributed by atoms with Crippen molar-refractivity contribution in [2.45, 2.75) is 22.4 Å². The zero-order chi connectivity index (χ0) is 17.0. The van der Waals surface area contributed by atoms with E-state index >= 15 is 0 Å². The summed E-state index contributed by atoms with van der Waals surface area (Å²) in [5.74, 6) is -15.1. The monoisotopic (exact) mass is 418 g/mol. The van der Waals surface area contributed by atoms with Crippen LogP contribution in [0.2, 0.25) is 0 Å². The van der Waals surface area contributed by atoms with Crippen LogP contribution in [0, 0.1) is 0 Å². The van der Waals surface area contributed by atoms with Gasteiger partial charge in [-0.3, -0.25) is 0 Å². The SMILES string of the molecule is O=S(=O)([O-])C(F)(F)C(F)(F)C(F)(F)C(F)(F)S(=O)(=O)Cl.[K+]. The summed E-state index contributed by atoms with van der Waals surface area (Å²) in [6, 6.07) is 0. The van der Waals surface area contributed by atoms with Crippen LogP contribution in [0.5, 0.6) is 0 Å². The first-order valence-electron chi connectivity index (χ1n) is 3.66. The van der Waals surface area contributed by atoms with Gasteiger partial charge >= 0.3 is 82.8 Å². The summed E-state index contributed by atoms with van der Waals surface area (Å²) in [5.41, 5.74) is 0. The van der Waals surface area contributed by atoms with Crippen LogP contribution >= 0.6 is 10.7 Å². The van der Waals surface area contributed by atoms with Crippen molar-refractivity contribution < 1.29 is 108 Å². The van der Waals surface area contributed by atoms with Gasteiger partial charge in [0.25, 0.3) is 0 Å². The largest absolute Gasteiger partial charge is 1.00 e. The first-order valence-corrected chi connectivity index (χ1v) is 7.38. The van der Waals surface area contributed by atoms with Crippen LogP contribution in [0.25, 0.3) is 0 Å². The Bertz CT molecular complexity index is 546. The van der Waals surface area contributed by atoms with Gasteiger partial charge in [0.05, 0.1) is 0 Å². The van der Waals surface area contributed by atoms with Crippen LogP contribution in [0.3, 0.4) is 0 Å². The van der Waals surface area contributed by atoms with Gasteiger partial charge in [-0.1, -0.05) is 0 Å². The molecule has 0 radical (unpaired) electrons. The molecule has 0 unspecified atom stereocenters. The van der Waals surface area contributed by atoms with E-state index in [1.807, 2.05) is 0 Å². The Balaban J connectivity index is 0. The van der Waals surface area contributed by atoms with Gasteiger partial charge in [-0.25, -0.2) is 16.8 Å². The van der Waals surface area contributed by atoms with Crippen molar-refractivity contribution in [1.29, 1.82) is 0 Å². The molecular weight excluding hydrogens is 419 g/mol. The van der Waals surface area contributed by atoms with Crippen LogP contribution in [0.15, 0.2) is 0 Å². The minimum atomic E-state index is -7.56. The zero-order valence-corrected chi connectivity index (χ0v) is 14.8. The standard InChI is InChI=1S/C4HClF8O5S2.K/c5-19(14,15)3(10,11)1(6,7)2(8,9)4(12,13)20(16,17)18;/h(H,16,17,18);/q;+1/p-1. The average molecular weight is 419 g/mol. The molecule has 0 saturated carbocycles. The van der Waals surface area contributed by atoms with Gasteiger partial charge in [-0.05, 0) is 0 Å². The maximum Gasteiger partial charge on any atom is 1.00 e. The molecule has 0 aromatic carbocycles. The van der Waals surface area contributed by atoms with E-state index in [4.69, 9.17) is 0 Å². The van der Waals surface area contributed by atoms with Crippen molar-refractivity contribution in [3.8, 4) is 0 Å². The minimum Gasteiger partial charge on any atom is -0.743 e. The Labute approximate surface area is 158 Å². The number of alkyl halides is 8. The molecule has 0 aliphatic heterocycles. The normalized spacial score (nSPS) is 15.5. The van der Waals surface area contributed by atoms with E-state index in [2.05, 4.69) is 10.7 Å². The van der Waals surface area contributed by atoms with E-state index in [9.17, 15) is 56.5 Å². The Kier molecular flexibility index (Phi) is 7.30. The summed E-state index contributed by atoms with van der Waals surface area (Å²) >= 11 is 0. The Morgan fingerprint density at radius 2 is 0.952 bits per heavy atom. The van der Waals surface area contributed by atoms with E-state index in [1.165, 1.54) is 0 Å². The predicted molar refractivity (Wildman–Crippen MR) is 44.3 cm³/mol.